The zero-order chi connectivity index (χ0) is 30.8. The smallest absolute Gasteiger partial charge is 0.164 e. The molecule has 6 aromatic carbocycles. The van der Waals surface area contributed by atoms with Gasteiger partial charge in [-0.2, -0.15) is 0 Å². The Kier molecular flexibility index (Phi) is 5.81. The van der Waals surface area contributed by atoms with E-state index in [0.29, 0.717) is 17.5 Å². The molecule has 0 aliphatic heterocycles. The van der Waals surface area contributed by atoms with E-state index < -0.39 is 0 Å². The largest absolute Gasteiger partial charge is 0.309 e. The molecule has 46 heavy (non-hydrogen) atoms. The molecule has 1 aliphatic carbocycles. The van der Waals surface area contributed by atoms with Gasteiger partial charge in [0.25, 0.3) is 0 Å². The van der Waals surface area contributed by atoms with E-state index in [1.807, 2.05) is 60.7 Å². The highest BCUT2D eigenvalue weighted by atomic mass is 15.0. The molecule has 0 unspecified atom stereocenters. The van der Waals surface area contributed by atoms with Crippen LogP contribution in [0.1, 0.15) is 26.4 Å². The van der Waals surface area contributed by atoms with E-state index in [2.05, 4.69) is 103 Å². The van der Waals surface area contributed by atoms with Crippen LogP contribution in [-0.4, -0.2) is 19.5 Å². The van der Waals surface area contributed by atoms with Crippen molar-refractivity contribution in [2.75, 3.05) is 0 Å². The minimum Gasteiger partial charge on any atom is -0.309 e. The summed E-state index contributed by atoms with van der Waals surface area (Å²) in [7, 11) is 0. The number of aromatic nitrogens is 4. The van der Waals surface area contributed by atoms with Crippen LogP contribution in [0.5, 0.6) is 0 Å². The van der Waals surface area contributed by atoms with Crippen molar-refractivity contribution in [3.05, 3.63) is 157 Å². The third kappa shape index (κ3) is 4.04. The van der Waals surface area contributed by atoms with Crippen LogP contribution in [0.2, 0.25) is 0 Å². The van der Waals surface area contributed by atoms with Crippen molar-refractivity contribution >= 4 is 21.8 Å². The fourth-order valence-electron chi connectivity index (χ4n) is 7.16. The fraction of sp³-hybridized carbons (Fsp3) is 0.0714. The van der Waals surface area contributed by atoms with E-state index in [1.54, 1.807) is 0 Å². The number of nitrogens with zero attached hydrogens (tertiary/aromatic N) is 4. The van der Waals surface area contributed by atoms with Crippen molar-refractivity contribution in [1.29, 1.82) is 0 Å². The van der Waals surface area contributed by atoms with Crippen molar-refractivity contribution in [3.63, 3.8) is 0 Å². The lowest BCUT2D eigenvalue weighted by Crippen LogP contribution is -2.14. The first-order valence-corrected chi connectivity index (χ1v) is 15.7. The van der Waals surface area contributed by atoms with Gasteiger partial charge in [-0.25, -0.2) is 15.0 Å². The van der Waals surface area contributed by atoms with Gasteiger partial charge in [0, 0.05) is 40.0 Å². The molecule has 2 heterocycles. The van der Waals surface area contributed by atoms with Crippen LogP contribution in [0.15, 0.2) is 146 Å². The van der Waals surface area contributed by atoms with Crippen LogP contribution in [0.3, 0.4) is 0 Å². The number of fused-ring (bicyclic) bond motifs is 6. The van der Waals surface area contributed by atoms with Gasteiger partial charge in [-0.1, -0.05) is 129 Å². The first-order valence-electron chi connectivity index (χ1n) is 15.7. The van der Waals surface area contributed by atoms with E-state index in [4.69, 9.17) is 15.0 Å². The Morgan fingerprint density at radius 2 is 1.04 bits per heavy atom. The highest BCUT2D eigenvalue weighted by molar-refractivity contribution is 6.11. The first kappa shape index (κ1) is 26.5. The fourth-order valence-corrected chi connectivity index (χ4v) is 7.16. The first-order chi connectivity index (χ1) is 22.6. The molecule has 2 aromatic heterocycles. The van der Waals surface area contributed by atoms with Crippen LogP contribution < -0.4 is 0 Å². The Morgan fingerprint density at radius 1 is 0.457 bits per heavy atom. The molecule has 4 heteroatoms. The number of hydrogen-bond donors (Lipinski definition) is 0. The Balaban J connectivity index is 0.00000324. The molecule has 0 N–H and O–H groups in total. The normalized spacial score (nSPS) is 13.2. The molecule has 9 rings (SSSR count). The summed E-state index contributed by atoms with van der Waals surface area (Å²) < 4.78 is 2.39. The SMILES string of the molecule is CC1(C)c2ccccc2-c2cc3c4ccccc4n(-c4cccc(-c5nc(-c6ccccc6)nc(-c6ccccc6)n5)c4)c3cc21.[HH]. The van der Waals surface area contributed by atoms with Crippen LogP contribution in [0.25, 0.3) is 72.8 Å². The van der Waals surface area contributed by atoms with Gasteiger partial charge in [0.15, 0.2) is 17.5 Å². The second-order valence-electron chi connectivity index (χ2n) is 12.5. The van der Waals surface area contributed by atoms with Crippen molar-refractivity contribution in [2.24, 2.45) is 0 Å². The Labute approximate surface area is 269 Å². The molecule has 0 saturated carbocycles. The third-order valence-electron chi connectivity index (χ3n) is 9.44. The molecular formula is C42H32N4. The topological polar surface area (TPSA) is 43.6 Å². The highest BCUT2D eigenvalue weighted by Crippen LogP contribution is 2.51. The van der Waals surface area contributed by atoms with Crippen molar-refractivity contribution in [3.8, 4) is 51.0 Å². The number of hydrogen-bond acceptors (Lipinski definition) is 3. The molecule has 8 aromatic rings. The van der Waals surface area contributed by atoms with Gasteiger partial charge in [0.1, 0.15) is 0 Å². The summed E-state index contributed by atoms with van der Waals surface area (Å²) in [5.41, 5.74) is 11.6. The molecule has 4 nitrogen and oxygen atoms in total. The number of rotatable bonds is 4. The minimum atomic E-state index is -0.0875. The van der Waals surface area contributed by atoms with Crippen molar-refractivity contribution in [1.82, 2.24) is 19.5 Å². The van der Waals surface area contributed by atoms with Gasteiger partial charge in [-0.05, 0) is 52.6 Å². The summed E-state index contributed by atoms with van der Waals surface area (Å²) in [5, 5.41) is 2.50. The quantitative estimate of drug-likeness (QED) is 0.204. The van der Waals surface area contributed by atoms with Gasteiger partial charge in [0.05, 0.1) is 11.0 Å². The molecule has 0 spiro atoms. The van der Waals surface area contributed by atoms with Crippen LogP contribution in [0, 0.1) is 0 Å². The summed E-state index contributed by atoms with van der Waals surface area (Å²) in [4.78, 5) is 14.9. The molecule has 0 saturated heterocycles. The summed E-state index contributed by atoms with van der Waals surface area (Å²) in [6.07, 6.45) is 0. The predicted octanol–water partition coefficient (Wildman–Crippen LogP) is 10.5. The molecule has 0 amide bonds. The second-order valence-corrected chi connectivity index (χ2v) is 12.5. The third-order valence-corrected chi connectivity index (χ3v) is 9.44. The number of benzene rings is 6. The van der Waals surface area contributed by atoms with Gasteiger partial charge in [-0.15, -0.1) is 0 Å². The lowest BCUT2D eigenvalue weighted by molar-refractivity contribution is 0.661. The van der Waals surface area contributed by atoms with Gasteiger partial charge in [0.2, 0.25) is 0 Å². The second kappa shape index (κ2) is 10.1. The van der Waals surface area contributed by atoms with E-state index >= 15 is 0 Å². The van der Waals surface area contributed by atoms with Crippen LogP contribution >= 0.6 is 0 Å². The maximum Gasteiger partial charge on any atom is 0.164 e. The molecular weight excluding hydrogens is 560 g/mol. The maximum atomic E-state index is 5.00. The molecule has 0 fully saturated rings. The van der Waals surface area contributed by atoms with Gasteiger partial charge < -0.3 is 4.57 Å². The Morgan fingerprint density at radius 3 is 1.76 bits per heavy atom. The average Bonchev–Trinajstić information content (AvgIpc) is 3.56. The van der Waals surface area contributed by atoms with Crippen LogP contribution in [0.4, 0.5) is 0 Å². The van der Waals surface area contributed by atoms with Crippen LogP contribution in [-0.2, 0) is 5.41 Å². The highest BCUT2D eigenvalue weighted by Gasteiger charge is 2.36. The standard InChI is InChI=1S/C42H30N4.H2/c1-42(2)35-22-11-9-20-31(35)33-25-34-32-21-10-12-23-37(32)46(38(34)26-36(33)42)30-19-13-18-29(24-30)41-44-39(27-14-5-3-6-15-27)43-40(45-41)28-16-7-4-8-17-28;/h3-26H,1-2H3;1H. The maximum absolute atomic E-state index is 5.00. The van der Waals surface area contributed by atoms with Crippen molar-refractivity contribution < 1.29 is 1.43 Å². The monoisotopic (exact) mass is 592 g/mol. The molecule has 0 radical (unpaired) electrons. The summed E-state index contributed by atoms with van der Waals surface area (Å²) >= 11 is 0. The van der Waals surface area contributed by atoms with Gasteiger partial charge >= 0.3 is 0 Å². The molecule has 1 aliphatic rings. The molecule has 0 atom stereocenters. The number of para-hydroxylation sites is 1. The molecule has 0 bridgehead atoms. The zero-order valence-corrected chi connectivity index (χ0v) is 25.6. The summed E-state index contributed by atoms with van der Waals surface area (Å²) in [6, 6.07) is 51.2. The molecule has 220 valence electrons. The lowest BCUT2D eigenvalue weighted by Gasteiger charge is -2.21. The zero-order valence-electron chi connectivity index (χ0n) is 25.6. The Bertz CT molecular complexity index is 2390. The van der Waals surface area contributed by atoms with E-state index in [1.165, 1.54) is 44.1 Å². The van der Waals surface area contributed by atoms with E-state index in [9.17, 15) is 0 Å². The summed E-state index contributed by atoms with van der Waals surface area (Å²) in [5.74, 6) is 1.96. The Hall–Kier alpha value is -5.87. The van der Waals surface area contributed by atoms with E-state index in [-0.39, 0.29) is 6.84 Å². The average molecular weight is 593 g/mol. The predicted molar refractivity (Wildman–Crippen MR) is 190 cm³/mol. The lowest BCUT2D eigenvalue weighted by atomic mass is 9.82. The summed E-state index contributed by atoms with van der Waals surface area (Å²) in [6.45, 7) is 4.68. The van der Waals surface area contributed by atoms with Crippen molar-refractivity contribution in [2.45, 2.75) is 19.3 Å². The van der Waals surface area contributed by atoms with E-state index in [0.717, 1.165) is 22.4 Å². The minimum absolute atomic E-state index is 0. The van der Waals surface area contributed by atoms with Gasteiger partial charge in [-0.3, -0.25) is 0 Å².